The Bertz CT molecular complexity index is 387. The Hall–Kier alpha value is -0.930. The van der Waals surface area contributed by atoms with E-state index in [0.717, 1.165) is 12.3 Å². The van der Waals surface area contributed by atoms with Crippen molar-refractivity contribution in [2.75, 3.05) is 0 Å². The molecular weight excluding hydrogens is 210 g/mol. The number of fused-ring (bicyclic) bond motifs is 1. The van der Waals surface area contributed by atoms with Gasteiger partial charge in [0.2, 0.25) is 0 Å². The first-order valence-electron chi connectivity index (χ1n) is 6.78. The van der Waals surface area contributed by atoms with Gasteiger partial charge in [-0.1, -0.05) is 25.3 Å². The van der Waals surface area contributed by atoms with Crippen molar-refractivity contribution in [3.8, 4) is 0 Å². The smallest absolute Gasteiger partial charge is 0.0482 e. The number of nitrogens with zero attached hydrogens (tertiary/aromatic N) is 1. The SMILES string of the molecule is NNC(CC1CCC1)C1CCc2cccnc21. The zero-order valence-corrected chi connectivity index (χ0v) is 10.2. The number of nitrogens with two attached hydrogens (primary N) is 1. The summed E-state index contributed by atoms with van der Waals surface area (Å²) >= 11 is 0. The van der Waals surface area contributed by atoms with E-state index in [0.29, 0.717) is 12.0 Å². The maximum Gasteiger partial charge on any atom is 0.0482 e. The van der Waals surface area contributed by atoms with Crippen LogP contribution >= 0.6 is 0 Å². The Labute approximate surface area is 103 Å². The van der Waals surface area contributed by atoms with Crippen molar-refractivity contribution in [3.63, 3.8) is 0 Å². The minimum Gasteiger partial charge on any atom is -0.271 e. The first-order chi connectivity index (χ1) is 8.38. The van der Waals surface area contributed by atoms with Crippen LogP contribution in [-0.2, 0) is 6.42 Å². The van der Waals surface area contributed by atoms with Crippen LogP contribution in [0.25, 0.3) is 0 Å². The van der Waals surface area contributed by atoms with Crippen LogP contribution < -0.4 is 11.3 Å². The number of hydrazine groups is 1. The fourth-order valence-corrected chi connectivity index (χ4v) is 3.27. The molecule has 3 N–H and O–H groups in total. The quantitative estimate of drug-likeness (QED) is 0.616. The van der Waals surface area contributed by atoms with E-state index in [-0.39, 0.29) is 0 Å². The normalized spacial score (nSPS) is 25.4. The first kappa shape index (κ1) is 11.2. The zero-order chi connectivity index (χ0) is 11.7. The summed E-state index contributed by atoms with van der Waals surface area (Å²) in [6.07, 6.45) is 9.68. The summed E-state index contributed by atoms with van der Waals surface area (Å²) in [5, 5.41) is 0. The van der Waals surface area contributed by atoms with Crippen LogP contribution in [0.2, 0.25) is 0 Å². The van der Waals surface area contributed by atoms with Gasteiger partial charge in [0, 0.05) is 23.9 Å². The molecule has 2 aliphatic rings. The molecule has 0 aromatic carbocycles. The second-order valence-electron chi connectivity index (χ2n) is 5.50. The van der Waals surface area contributed by atoms with Crippen LogP contribution in [0.15, 0.2) is 18.3 Å². The van der Waals surface area contributed by atoms with Gasteiger partial charge < -0.3 is 0 Å². The highest BCUT2D eigenvalue weighted by Crippen LogP contribution is 2.38. The number of rotatable bonds is 4. The van der Waals surface area contributed by atoms with Crippen molar-refractivity contribution < 1.29 is 0 Å². The Morgan fingerprint density at radius 2 is 2.29 bits per heavy atom. The lowest BCUT2D eigenvalue weighted by molar-refractivity contribution is 0.243. The summed E-state index contributed by atoms with van der Waals surface area (Å²) in [6, 6.07) is 4.66. The molecule has 1 heterocycles. The van der Waals surface area contributed by atoms with Gasteiger partial charge in [0.05, 0.1) is 0 Å². The molecule has 1 fully saturated rings. The number of nitrogens with one attached hydrogen (secondary N) is 1. The molecule has 0 bridgehead atoms. The number of aryl methyl sites for hydroxylation is 1. The van der Waals surface area contributed by atoms with Gasteiger partial charge in [0.15, 0.2) is 0 Å². The molecule has 92 valence electrons. The van der Waals surface area contributed by atoms with Gasteiger partial charge in [0.25, 0.3) is 0 Å². The molecule has 0 spiro atoms. The molecule has 0 radical (unpaired) electrons. The first-order valence-corrected chi connectivity index (χ1v) is 6.78. The summed E-state index contributed by atoms with van der Waals surface area (Å²) < 4.78 is 0. The van der Waals surface area contributed by atoms with Crippen molar-refractivity contribution >= 4 is 0 Å². The van der Waals surface area contributed by atoms with Crippen molar-refractivity contribution in [3.05, 3.63) is 29.6 Å². The molecule has 1 aromatic heterocycles. The van der Waals surface area contributed by atoms with E-state index in [2.05, 4.69) is 16.5 Å². The number of hydrogen-bond acceptors (Lipinski definition) is 3. The number of hydrogen-bond donors (Lipinski definition) is 2. The molecule has 0 saturated heterocycles. The summed E-state index contributed by atoms with van der Waals surface area (Å²) in [5.74, 6) is 7.18. The molecule has 0 amide bonds. The van der Waals surface area contributed by atoms with E-state index < -0.39 is 0 Å². The monoisotopic (exact) mass is 231 g/mol. The molecule has 2 atom stereocenters. The predicted octanol–water partition coefficient (Wildman–Crippen LogP) is 2.13. The van der Waals surface area contributed by atoms with Crippen LogP contribution in [-0.4, -0.2) is 11.0 Å². The molecule has 3 nitrogen and oxygen atoms in total. The van der Waals surface area contributed by atoms with Crippen LogP contribution in [0.5, 0.6) is 0 Å². The van der Waals surface area contributed by atoms with Gasteiger partial charge in [-0.15, -0.1) is 0 Å². The van der Waals surface area contributed by atoms with E-state index in [1.54, 1.807) is 0 Å². The Balaban J connectivity index is 1.74. The third kappa shape index (κ3) is 2.09. The highest BCUT2D eigenvalue weighted by molar-refractivity contribution is 5.29. The van der Waals surface area contributed by atoms with Gasteiger partial charge in [-0.2, -0.15) is 0 Å². The Kier molecular flexibility index (Phi) is 3.12. The van der Waals surface area contributed by atoms with Gasteiger partial charge in [-0.3, -0.25) is 16.3 Å². The fourth-order valence-electron chi connectivity index (χ4n) is 3.27. The topological polar surface area (TPSA) is 50.9 Å². The largest absolute Gasteiger partial charge is 0.271 e. The summed E-state index contributed by atoms with van der Waals surface area (Å²) in [6.45, 7) is 0. The molecule has 3 heteroatoms. The highest BCUT2D eigenvalue weighted by Gasteiger charge is 2.32. The molecule has 2 unspecified atom stereocenters. The van der Waals surface area contributed by atoms with Crippen molar-refractivity contribution in [1.82, 2.24) is 10.4 Å². The lowest BCUT2D eigenvalue weighted by atomic mass is 9.78. The van der Waals surface area contributed by atoms with Gasteiger partial charge >= 0.3 is 0 Å². The zero-order valence-electron chi connectivity index (χ0n) is 10.2. The second kappa shape index (κ2) is 4.75. The predicted molar refractivity (Wildman–Crippen MR) is 68.4 cm³/mol. The maximum absolute atomic E-state index is 5.76. The molecule has 2 aliphatic carbocycles. The van der Waals surface area contributed by atoms with Crippen molar-refractivity contribution in [1.29, 1.82) is 0 Å². The molecule has 0 aliphatic heterocycles. The van der Waals surface area contributed by atoms with Crippen molar-refractivity contribution in [2.45, 2.75) is 50.5 Å². The lowest BCUT2D eigenvalue weighted by Gasteiger charge is -2.32. The highest BCUT2D eigenvalue weighted by atomic mass is 15.2. The fraction of sp³-hybridized carbons (Fsp3) is 0.643. The van der Waals surface area contributed by atoms with Gasteiger partial charge in [-0.25, -0.2) is 0 Å². The number of aromatic nitrogens is 1. The summed E-state index contributed by atoms with van der Waals surface area (Å²) in [5.41, 5.74) is 5.75. The van der Waals surface area contributed by atoms with Gasteiger partial charge in [0.1, 0.15) is 0 Å². The van der Waals surface area contributed by atoms with Crippen molar-refractivity contribution in [2.24, 2.45) is 11.8 Å². The van der Waals surface area contributed by atoms with E-state index in [9.17, 15) is 0 Å². The maximum atomic E-state index is 5.76. The summed E-state index contributed by atoms with van der Waals surface area (Å²) in [7, 11) is 0. The molecular formula is C14H21N3. The van der Waals surface area contributed by atoms with Crippen LogP contribution in [0.4, 0.5) is 0 Å². The van der Waals surface area contributed by atoms with Gasteiger partial charge in [-0.05, 0) is 36.8 Å². The minimum atomic E-state index is 0.413. The van der Waals surface area contributed by atoms with E-state index >= 15 is 0 Å². The third-order valence-corrected chi connectivity index (χ3v) is 4.51. The van der Waals surface area contributed by atoms with Crippen LogP contribution in [0.3, 0.4) is 0 Å². The summed E-state index contributed by atoms with van der Waals surface area (Å²) in [4.78, 5) is 4.57. The van der Waals surface area contributed by atoms with E-state index in [4.69, 9.17) is 5.84 Å². The lowest BCUT2D eigenvalue weighted by Crippen LogP contribution is -2.41. The molecule has 17 heavy (non-hydrogen) atoms. The average molecular weight is 231 g/mol. The molecule has 3 rings (SSSR count). The molecule has 1 aromatic rings. The van der Waals surface area contributed by atoms with Crippen LogP contribution in [0.1, 0.15) is 49.3 Å². The average Bonchev–Trinajstić information content (AvgIpc) is 2.72. The Morgan fingerprint density at radius 1 is 1.41 bits per heavy atom. The van der Waals surface area contributed by atoms with E-state index in [1.165, 1.54) is 43.4 Å². The molecule has 1 saturated carbocycles. The van der Waals surface area contributed by atoms with E-state index in [1.807, 2.05) is 12.3 Å². The Morgan fingerprint density at radius 3 is 3.00 bits per heavy atom. The standard InChI is InChI=1S/C14H21N3/c15-17-13(9-10-3-1-4-10)12-7-6-11-5-2-8-16-14(11)12/h2,5,8,10,12-13,17H,1,3-4,6-7,9,15H2. The minimum absolute atomic E-state index is 0.413. The third-order valence-electron chi connectivity index (χ3n) is 4.51. The van der Waals surface area contributed by atoms with Crippen LogP contribution in [0, 0.1) is 5.92 Å². The number of pyridine rings is 1. The second-order valence-corrected chi connectivity index (χ2v) is 5.50.